The lowest BCUT2D eigenvalue weighted by atomic mass is 9.94. The lowest BCUT2D eigenvalue weighted by Gasteiger charge is -2.25. The first-order valence-electron chi connectivity index (χ1n) is 11.0. The van der Waals surface area contributed by atoms with E-state index in [0.717, 1.165) is 16.3 Å². The number of rotatable bonds is 3. The zero-order valence-electron chi connectivity index (χ0n) is 18.6. The number of benzene rings is 3. The van der Waals surface area contributed by atoms with E-state index < -0.39 is 5.82 Å². The van der Waals surface area contributed by atoms with Crippen molar-refractivity contribution in [3.05, 3.63) is 66.0 Å². The van der Waals surface area contributed by atoms with Crippen molar-refractivity contribution in [2.24, 2.45) is 0 Å². The van der Waals surface area contributed by atoms with E-state index in [4.69, 9.17) is 9.47 Å². The number of amides is 2. The molecule has 0 radical (unpaired) electrons. The number of carbonyl (C=O) groups is 2. The van der Waals surface area contributed by atoms with Crippen LogP contribution in [0.1, 0.15) is 16.8 Å². The summed E-state index contributed by atoms with van der Waals surface area (Å²) < 4.78 is 25.6. The largest absolute Gasteiger partial charge is 0.493 e. The van der Waals surface area contributed by atoms with Crippen LogP contribution in [0.5, 0.6) is 5.75 Å². The van der Waals surface area contributed by atoms with Crippen molar-refractivity contribution in [1.29, 1.82) is 0 Å². The fourth-order valence-corrected chi connectivity index (χ4v) is 4.95. The summed E-state index contributed by atoms with van der Waals surface area (Å²) in [6, 6.07) is 15.9. The highest BCUT2D eigenvalue weighted by Gasteiger charge is 2.41. The van der Waals surface area contributed by atoms with Gasteiger partial charge in [-0.15, -0.1) is 0 Å². The first kappa shape index (κ1) is 21.4. The van der Waals surface area contributed by atoms with E-state index in [0.29, 0.717) is 37.2 Å². The highest BCUT2D eigenvalue weighted by molar-refractivity contribution is 6.11. The Labute approximate surface area is 191 Å². The van der Waals surface area contributed by atoms with Crippen LogP contribution in [0.4, 0.5) is 4.39 Å². The van der Waals surface area contributed by atoms with E-state index in [2.05, 4.69) is 0 Å². The fraction of sp³-hybridized carbons (Fsp3) is 0.308. The van der Waals surface area contributed by atoms with Gasteiger partial charge in [0.15, 0.2) is 11.6 Å². The van der Waals surface area contributed by atoms with E-state index in [-0.39, 0.29) is 29.7 Å². The Morgan fingerprint density at radius 1 is 1.03 bits per heavy atom. The molecule has 3 aromatic rings. The average molecular weight is 448 g/mol. The molecule has 0 aromatic heterocycles. The summed E-state index contributed by atoms with van der Waals surface area (Å²) in [6.07, 6.45) is 0.181. The van der Waals surface area contributed by atoms with Crippen molar-refractivity contribution < 1.29 is 23.5 Å². The van der Waals surface area contributed by atoms with Crippen LogP contribution < -0.4 is 4.74 Å². The second-order valence-electron chi connectivity index (χ2n) is 8.47. The van der Waals surface area contributed by atoms with Gasteiger partial charge < -0.3 is 19.3 Å². The van der Waals surface area contributed by atoms with Gasteiger partial charge in [-0.05, 0) is 28.5 Å². The van der Waals surface area contributed by atoms with E-state index in [9.17, 15) is 14.0 Å². The molecular weight excluding hydrogens is 423 g/mol. The summed E-state index contributed by atoms with van der Waals surface area (Å²) >= 11 is 0. The molecule has 7 heteroatoms. The summed E-state index contributed by atoms with van der Waals surface area (Å²) in [7, 11) is 3.22. The molecule has 0 saturated carbocycles. The number of likely N-dealkylation sites (tertiary alicyclic amines) is 1. The minimum absolute atomic E-state index is 0.0376. The molecule has 3 aromatic carbocycles. The van der Waals surface area contributed by atoms with Crippen molar-refractivity contribution in [3.8, 4) is 16.9 Å². The Bertz CT molecular complexity index is 1240. The minimum Gasteiger partial charge on any atom is -0.493 e. The van der Waals surface area contributed by atoms with Gasteiger partial charge in [-0.1, -0.05) is 42.5 Å². The van der Waals surface area contributed by atoms with Gasteiger partial charge in [0.2, 0.25) is 5.91 Å². The number of hydrogen-bond donors (Lipinski definition) is 0. The van der Waals surface area contributed by atoms with Crippen LogP contribution >= 0.6 is 0 Å². The van der Waals surface area contributed by atoms with Crippen molar-refractivity contribution in [2.75, 3.05) is 33.9 Å². The van der Waals surface area contributed by atoms with Crippen molar-refractivity contribution in [2.45, 2.75) is 18.6 Å². The molecule has 0 aliphatic carbocycles. The summed E-state index contributed by atoms with van der Waals surface area (Å²) in [5.74, 6) is -0.336. The first-order valence-corrected chi connectivity index (χ1v) is 11.0. The Balaban J connectivity index is 1.53. The van der Waals surface area contributed by atoms with E-state index in [1.165, 1.54) is 13.2 Å². The molecular formula is C26H25FN2O4. The molecule has 2 fully saturated rings. The molecule has 0 spiro atoms. The monoisotopic (exact) mass is 448 g/mol. The van der Waals surface area contributed by atoms with Crippen LogP contribution in [0, 0.1) is 5.82 Å². The van der Waals surface area contributed by atoms with E-state index in [1.54, 1.807) is 29.0 Å². The number of para-hydroxylation sites is 1. The Morgan fingerprint density at radius 3 is 2.58 bits per heavy atom. The number of methoxy groups -OCH3 is 1. The second kappa shape index (κ2) is 8.48. The molecule has 0 unspecified atom stereocenters. The first-order chi connectivity index (χ1) is 16.0. The molecule has 0 N–H and O–H groups in total. The topological polar surface area (TPSA) is 59.1 Å². The average Bonchev–Trinajstić information content (AvgIpc) is 3.21. The fourth-order valence-electron chi connectivity index (χ4n) is 4.95. The smallest absolute Gasteiger partial charge is 0.254 e. The van der Waals surface area contributed by atoms with Gasteiger partial charge in [0, 0.05) is 31.3 Å². The number of halogens is 1. The molecule has 2 heterocycles. The van der Waals surface area contributed by atoms with Gasteiger partial charge in [0.1, 0.15) is 0 Å². The zero-order chi connectivity index (χ0) is 23.1. The number of likely N-dealkylation sites (N-methyl/N-ethyl adjacent to an activating group) is 1. The number of nitrogens with zero attached hydrogens (tertiary/aromatic N) is 2. The molecule has 33 heavy (non-hydrogen) atoms. The van der Waals surface area contributed by atoms with Crippen molar-refractivity contribution in [1.82, 2.24) is 9.80 Å². The zero-order valence-corrected chi connectivity index (χ0v) is 18.6. The quantitative estimate of drug-likeness (QED) is 0.613. The predicted molar refractivity (Wildman–Crippen MR) is 123 cm³/mol. The molecule has 6 nitrogen and oxygen atoms in total. The van der Waals surface area contributed by atoms with Crippen LogP contribution in [-0.4, -0.2) is 67.6 Å². The lowest BCUT2D eigenvalue weighted by Crippen LogP contribution is -2.43. The third-order valence-corrected chi connectivity index (χ3v) is 6.68. The Hall–Kier alpha value is -3.45. The van der Waals surface area contributed by atoms with Crippen LogP contribution in [0.25, 0.3) is 21.9 Å². The molecule has 2 aliphatic heterocycles. The number of carbonyl (C=O) groups excluding carboxylic acids is 2. The number of hydrogen-bond acceptors (Lipinski definition) is 4. The van der Waals surface area contributed by atoms with Crippen LogP contribution in [0.3, 0.4) is 0 Å². The predicted octanol–water partition coefficient (Wildman–Crippen LogP) is 3.73. The molecule has 2 saturated heterocycles. The van der Waals surface area contributed by atoms with Gasteiger partial charge in [-0.3, -0.25) is 9.59 Å². The van der Waals surface area contributed by atoms with Crippen LogP contribution in [-0.2, 0) is 9.53 Å². The standard InChI is InChI=1S/C26H25FN2O4/c1-28-22-14-29(15-23(22)33-13-12-24(28)30)26(31)20-10-4-6-16-17(7-3-8-18(16)20)19-9-5-11-21(27)25(19)32-2/h3-11,22-23H,12-15H2,1-2H3/t22-,23-/m0/s1. The highest BCUT2D eigenvalue weighted by atomic mass is 19.1. The maximum Gasteiger partial charge on any atom is 0.254 e. The summed E-state index contributed by atoms with van der Waals surface area (Å²) in [5, 5.41) is 1.62. The van der Waals surface area contributed by atoms with Gasteiger partial charge in [-0.2, -0.15) is 0 Å². The summed E-state index contributed by atoms with van der Waals surface area (Å²) in [6.45, 7) is 1.24. The molecule has 2 aliphatic rings. The Kier molecular flexibility index (Phi) is 5.50. The van der Waals surface area contributed by atoms with E-state index in [1.807, 2.05) is 36.4 Å². The normalized spacial score (nSPS) is 20.6. The van der Waals surface area contributed by atoms with Gasteiger partial charge in [0.05, 0.1) is 32.3 Å². The molecule has 5 rings (SSSR count). The van der Waals surface area contributed by atoms with Crippen LogP contribution in [0.2, 0.25) is 0 Å². The summed E-state index contributed by atoms with van der Waals surface area (Å²) in [4.78, 5) is 29.3. The molecule has 2 atom stereocenters. The lowest BCUT2D eigenvalue weighted by molar-refractivity contribution is -0.131. The SMILES string of the molecule is COc1c(F)cccc1-c1cccc2c(C(=O)N3C[C@@H]4OCCC(=O)N(C)[C@H]4C3)cccc12. The summed E-state index contributed by atoms with van der Waals surface area (Å²) in [5.41, 5.74) is 1.98. The third-order valence-electron chi connectivity index (χ3n) is 6.68. The second-order valence-corrected chi connectivity index (χ2v) is 8.47. The number of fused-ring (bicyclic) bond motifs is 2. The highest BCUT2D eigenvalue weighted by Crippen LogP contribution is 2.37. The van der Waals surface area contributed by atoms with Gasteiger partial charge in [-0.25, -0.2) is 4.39 Å². The maximum atomic E-state index is 14.4. The van der Waals surface area contributed by atoms with Crippen molar-refractivity contribution in [3.63, 3.8) is 0 Å². The molecule has 170 valence electrons. The van der Waals surface area contributed by atoms with Crippen molar-refractivity contribution >= 4 is 22.6 Å². The van der Waals surface area contributed by atoms with Gasteiger partial charge >= 0.3 is 0 Å². The maximum absolute atomic E-state index is 14.4. The minimum atomic E-state index is -0.437. The molecule has 0 bridgehead atoms. The molecule has 2 amide bonds. The van der Waals surface area contributed by atoms with E-state index >= 15 is 0 Å². The Morgan fingerprint density at radius 2 is 1.76 bits per heavy atom. The van der Waals surface area contributed by atoms with Gasteiger partial charge in [0.25, 0.3) is 5.91 Å². The van der Waals surface area contributed by atoms with Crippen LogP contribution in [0.15, 0.2) is 54.6 Å². The third kappa shape index (κ3) is 3.62. The number of ether oxygens (including phenoxy) is 2.